The van der Waals surface area contributed by atoms with Crippen LogP contribution in [0.1, 0.15) is 32.7 Å². The van der Waals surface area contributed by atoms with Gasteiger partial charge >= 0.3 is 0 Å². The number of imide groups is 1. The highest BCUT2D eigenvalue weighted by Crippen LogP contribution is 2.25. The summed E-state index contributed by atoms with van der Waals surface area (Å²) in [7, 11) is 0. The fourth-order valence-corrected chi connectivity index (χ4v) is 4.00. The zero-order valence-corrected chi connectivity index (χ0v) is 16.9. The molecule has 0 saturated carbocycles. The zero-order valence-electron chi connectivity index (χ0n) is 16.1. The van der Waals surface area contributed by atoms with Crippen LogP contribution in [-0.4, -0.2) is 34.2 Å². The number of aromatic nitrogens is 1. The lowest BCUT2D eigenvalue weighted by Crippen LogP contribution is -2.32. The molecule has 30 heavy (non-hydrogen) atoms. The van der Waals surface area contributed by atoms with Gasteiger partial charge in [-0.05, 0) is 48.0 Å². The summed E-state index contributed by atoms with van der Waals surface area (Å²) >= 11 is 1.69. The van der Waals surface area contributed by atoms with E-state index in [9.17, 15) is 14.4 Å². The maximum absolute atomic E-state index is 12.3. The van der Waals surface area contributed by atoms with Gasteiger partial charge in [0.25, 0.3) is 11.8 Å². The summed E-state index contributed by atoms with van der Waals surface area (Å²) < 4.78 is 0. The third-order valence-corrected chi connectivity index (χ3v) is 5.79. The zero-order chi connectivity index (χ0) is 20.9. The van der Waals surface area contributed by atoms with Crippen molar-refractivity contribution in [3.05, 3.63) is 89.7 Å². The third-order valence-electron chi connectivity index (χ3n) is 4.71. The number of nitrogens with one attached hydrogen (secondary N) is 1. The molecule has 0 spiro atoms. The van der Waals surface area contributed by atoms with Crippen molar-refractivity contribution in [1.29, 1.82) is 0 Å². The van der Waals surface area contributed by atoms with E-state index in [1.807, 2.05) is 42.6 Å². The van der Waals surface area contributed by atoms with E-state index in [1.165, 1.54) is 0 Å². The number of thioether (sulfide) groups is 1. The number of rotatable bonds is 7. The maximum atomic E-state index is 12.3. The van der Waals surface area contributed by atoms with Gasteiger partial charge in [0.05, 0.1) is 11.1 Å². The molecule has 1 aliphatic heterocycles. The Kier molecular flexibility index (Phi) is 5.90. The smallest absolute Gasteiger partial charge is 0.261 e. The number of pyridine rings is 1. The Balaban J connectivity index is 1.27. The Hall–Kier alpha value is -3.45. The maximum Gasteiger partial charge on any atom is 0.261 e. The molecule has 6 nitrogen and oxygen atoms in total. The number of amides is 3. The fourth-order valence-electron chi connectivity index (χ4n) is 3.16. The fraction of sp³-hybridized carbons (Fsp3) is 0.130. The number of nitrogens with zero attached hydrogens (tertiary/aromatic N) is 2. The first-order chi connectivity index (χ1) is 14.6. The molecule has 3 amide bonds. The Bertz CT molecular complexity index is 1050. The van der Waals surface area contributed by atoms with Gasteiger partial charge in [-0.25, -0.2) is 0 Å². The molecule has 4 rings (SSSR count). The highest BCUT2D eigenvalue weighted by atomic mass is 32.2. The Morgan fingerprint density at radius 3 is 2.27 bits per heavy atom. The second kappa shape index (κ2) is 8.92. The molecule has 0 radical (unpaired) electrons. The molecule has 0 bridgehead atoms. The van der Waals surface area contributed by atoms with Crippen LogP contribution < -0.4 is 5.32 Å². The van der Waals surface area contributed by atoms with Gasteiger partial charge in [-0.1, -0.05) is 18.2 Å². The van der Waals surface area contributed by atoms with E-state index in [0.29, 0.717) is 16.8 Å². The van der Waals surface area contributed by atoms with Crippen LogP contribution in [0.5, 0.6) is 0 Å². The topological polar surface area (TPSA) is 79.4 Å². The van der Waals surface area contributed by atoms with Crippen molar-refractivity contribution in [2.24, 2.45) is 0 Å². The standard InChI is InChI=1S/C23H19N3O3S/c27-21(11-13-26-22(28)19-5-1-2-6-20(19)23(26)29)25-17-7-9-18(10-8-17)30-15-16-4-3-12-24-14-16/h1-10,12,14H,11,13,15H2,(H,25,27). The number of anilines is 1. The Labute approximate surface area is 178 Å². The molecular weight excluding hydrogens is 398 g/mol. The van der Waals surface area contributed by atoms with Crippen molar-refractivity contribution < 1.29 is 14.4 Å². The van der Waals surface area contributed by atoms with Crippen LogP contribution in [0.3, 0.4) is 0 Å². The minimum atomic E-state index is -0.349. The van der Waals surface area contributed by atoms with Crippen LogP contribution in [0, 0.1) is 0 Å². The second-order valence-corrected chi connectivity index (χ2v) is 7.83. The first-order valence-corrected chi connectivity index (χ1v) is 10.5. The normalized spacial score (nSPS) is 12.7. The summed E-state index contributed by atoms with van der Waals surface area (Å²) in [4.78, 5) is 43.3. The third kappa shape index (κ3) is 4.41. The van der Waals surface area contributed by atoms with E-state index in [0.717, 1.165) is 21.1 Å². The summed E-state index contributed by atoms with van der Waals surface area (Å²) in [5.41, 5.74) is 2.60. The van der Waals surface area contributed by atoms with E-state index < -0.39 is 0 Å². The molecule has 2 aromatic carbocycles. The largest absolute Gasteiger partial charge is 0.326 e. The van der Waals surface area contributed by atoms with Gasteiger partial charge in [-0.2, -0.15) is 0 Å². The van der Waals surface area contributed by atoms with Gasteiger partial charge in [-0.3, -0.25) is 24.3 Å². The minimum absolute atomic E-state index is 0.0446. The number of carbonyl (C=O) groups is 3. The Morgan fingerprint density at radius 2 is 1.63 bits per heavy atom. The molecule has 3 aromatic rings. The summed E-state index contributed by atoms with van der Waals surface area (Å²) in [6, 6.07) is 18.2. The average molecular weight is 417 g/mol. The number of fused-ring (bicyclic) bond motifs is 1. The van der Waals surface area contributed by atoms with Crippen molar-refractivity contribution in [3.63, 3.8) is 0 Å². The second-order valence-electron chi connectivity index (χ2n) is 6.78. The van der Waals surface area contributed by atoms with Gasteiger partial charge in [0, 0.05) is 41.7 Å². The van der Waals surface area contributed by atoms with E-state index in [1.54, 1.807) is 42.2 Å². The molecule has 1 aromatic heterocycles. The molecule has 0 unspecified atom stereocenters. The molecule has 0 fully saturated rings. The summed E-state index contributed by atoms with van der Waals surface area (Å²) in [5, 5.41) is 2.81. The van der Waals surface area contributed by atoms with Crippen molar-refractivity contribution in [3.8, 4) is 0 Å². The number of hydrogen-bond acceptors (Lipinski definition) is 5. The van der Waals surface area contributed by atoms with E-state index in [-0.39, 0.29) is 30.7 Å². The summed E-state index contributed by atoms with van der Waals surface area (Å²) in [5.74, 6) is -0.126. The van der Waals surface area contributed by atoms with Crippen molar-refractivity contribution >= 4 is 35.2 Å². The molecule has 0 saturated heterocycles. The molecule has 0 aliphatic carbocycles. The van der Waals surface area contributed by atoms with Gasteiger partial charge < -0.3 is 5.32 Å². The predicted molar refractivity (Wildman–Crippen MR) is 115 cm³/mol. The number of carbonyl (C=O) groups excluding carboxylic acids is 3. The van der Waals surface area contributed by atoms with E-state index in [4.69, 9.17) is 0 Å². The average Bonchev–Trinajstić information content (AvgIpc) is 3.02. The summed E-state index contributed by atoms with van der Waals surface area (Å²) in [6.07, 6.45) is 3.64. The summed E-state index contributed by atoms with van der Waals surface area (Å²) in [6.45, 7) is 0.0528. The highest BCUT2D eigenvalue weighted by molar-refractivity contribution is 7.98. The first kappa shape index (κ1) is 19.8. The lowest BCUT2D eigenvalue weighted by molar-refractivity contribution is -0.116. The van der Waals surface area contributed by atoms with Crippen LogP contribution in [0.4, 0.5) is 5.69 Å². The SMILES string of the molecule is O=C(CCN1C(=O)c2ccccc2C1=O)Nc1ccc(SCc2cccnc2)cc1. The lowest BCUT2D eigenvalue weighted by atomic mass is 10.1. The molecule has 150 valence electrons. The molecular formula is C23H19N3O3S. The van der Waals surface area contributed by atoms with Gasteiger partial charge in [0.15, 0.2) is 0 Å². The van der Waals surface area contributed by atoms with Crippen LogP contribution in [-0.2, 0) is 10.5 Å². The van der Waals surface area contributed by atoms with Crippen molar-refractivity contribution in [2.75, 3.05) is 11.9 Å². The molecule has 2 heterocycles. The van der Waals surface area contributed by atoms with Crippen LogP contribution in [0.25, 0.3) is 0 Å². The van der Waals surface area contributed by atoms with Gasteiger partial charge in [0.2, 0.25) is 5.91 Å². The number of benzene rings is 2. The van der Waals surface area contributed by atoms with Crippen LogP contribution >= 0.6 is 11.8 Å². The van der Waals surface area contributed by atoms with Crippen LogP contribution in [0.15, 0.2) is 78.0 Å². The highest BCUT2D eigenvalue weighted by Gasteiger charge is 2.34. The van der Waals surface area contributed by atoms with Crippen molar-refractivity contribution in [2.45, 2.75) is 17.1 Å². The van der Waals surface area contributed by atoms with Gasteiger partial charge in [-0.15, -0.1) is 11.8 Å². The lowest BCUT2D eigenvalue weighted by Gasteiger charge is -2.13. The molecule has 0 atom stereocenters. The molecule has 1 N–H and O–H groups in total. The minimum Gasteiger partial charge on any atom is -0.326 e. The monoisotopic (exact) mass is 417 g/mol. The van der Waals surface area contributed by atoms with Crippen LogP contribution in [0.2, 0.25) is 0 Å². The van der Waals surface area contributed by atoms with Crippen molar-refractivity contribution in [1.82, 2.24) is 9.88 Å². The molecule has 1 aliphatic rings. The molecule has 7 heteroatoms. The number of hydrogen-bond donors (Lipinski definition) is 1. The van der Waals surface area contributed by atoms with E-state index >= 15 is 0 Å². The predicted octanol–water partition coefficient (Wildman–Crippen LogP) is 4.00. The van der Waals surface area contributed by atoms with Gasteiger partial charge in [0.1, 0.15) is 0 Å². The quantitative estimate of drug-likeness (QED) is 0.464. The first-order valence-electron chi connectivity index (χ1n) is 9.48. The van der Waals surface area contributed by atoms with E-state index in [2.05, 4.69) is 10.3 Å². The Morgan fingerprint density at radius 1 is 0.933 bits per heavy atom.